The van der Waals surface area contributed by atoms with Gasteiger partial charge in [0.1, 0.15) is 18.1 Å². The van der Waals surface area contributed by atoms with Crippen molar-refractivity contribution in [2.45, 2.75) is 58.8 Å². The standard InChI is InChI=1S/C27H34O5/c1-6-19(20-7-11-23(29)12-8-20)15-22(16-27(4,5)25(30)17-28)21-9-13-24(14-10-21)32-26(31)18(2)3/h7-14,19,22,28-29H,2,6,15-17H2,1,3-5H3. The molecule has 0 saturated carbocycles. The largest absolute Gasteiger partial charge is 0.508 e. The lowest BCUT2D eigenvalue weighted by Crippen LogP contribution is -2.29. The summed E-state index contributed by atoms with van der Waals surface area (Å²) in [6.07, 6.45) is 2.28. The molecule has 0 radical (unpaired) electrons. The number of phenolic OH excluding ortho intramolecular Hbond substituents is 1. The third-order valence-electron chi connectivity index (χ3n) is 5.99. The number of phenols is 1. The highest BCUT2D eigenvalue weighted by Gasteiger charge is 2.32. The summed E-state index contributed by atoms with van der Waals surface area (Å²) in [4.78, 5) is 24.1. The van der Waals surface area contributed by atoms with Crippen molar-refractivity contribution in [1.82, 2.24) is 0 Å². The molecule has 2 atom stereocenters. The molecule has 2 unspecified atom stereocenters. The first-order valence-electron chi connectivity index (χ1n) is 11.0. The second-order valence-electron chi connectivity index (χ2n) is 9.04. The van der Waals surface area contributed by atoms with Crippen LogP contribution in [0.15, 0.2) is 60.7 Å². The fraction of sp³-hybridized carbons (Fsp3) is 0.407. The van der Waals surface area contributed by atoms with Gasteiger partial charge in [-0.3, -0.25) is 4.79 Å². The second kappa shape index (κ2) is 11.1. The third kappa shape index (κ3) is 6.79. The van der Waals surface area contributed by atoms with Crippen LogP contribution in [-0.2, 0) is 9.59 Å². The smallest absolute Gasteiger partial charge is 0.338 e. The van der Waals surface area contributed by atoms with Crippen molar-refractivity contribution in [1.29, 1.82) is 0 Å². The zero-order chi connectivity index (χ0) is 23.9. The number of hydrogen-bond acceptors (Lipinski definition) is 5. The predicted molar refractivity (Wildman–Crippen MR) is 126 cm³/mol. The van der Waals surface area contributed by atoms with E-state index >= 15 is 0 Å². The monoisotopic (exact) mass is 438 g/mol. The Morgan fingerprint density at radius 3 is 2.03 bits per heavy atom. The number of aliphatic hydroxyl groups is 1. The van der Waals surface area contributed by atoms with E-state index in [1.807, 2.05) is 38.1 Å². The summed E-state index contributed by atoms with van der Waals surface area (Å²) in [7, 11) is 0. The van der Waals surface area contributed by atoms with E-state index in [0.717, 1.165) is 24.0 Å². The molecule has 0 aliphatic heterocycles. The van der Waals surface area contributed by atoms with Crippen molar-refractivity contribution in [2.24, 2.45) is 5.41 Å². The first-order chi connectivity index (χ1) is 15.1. The zero-order valence-electron chi connectivity index (χ0n) is 19.4. The Kier molecular flexibility index (Phi) is 8.79. The van der Waals surface area contributed by atoms with Crippen molar-refractivity contribution >= 4 is 11.8 Å². The SMILES string of the molecule is C=C(C)C(=O)Oc1ccc(C(CC(CC)c2ccc(O)cc2)CC(C)(C)C(=O)CO)cc1. The summed E-state index contributed by atoms with van der Waals surface area (Å²) in [5, 5.41) is 19.1. The van der Waals surface area contributed by atoms with E-state index in [1.165, 1.54) is 0 Å². The first-order valence-corrected chi connectivity index (χ1v) is 11.0. The lowest BCUT2D eigenvalue weighted by Gasteiger charge is -2.31. The molecule has 5 nitrogen and oxygen atoms in total. The molecule has 0 saturated heterocycles. The van der Waals surface area contributed by atoms with Crippen LogP contribution >= 0.6 is 0 Å². The van der Waals surface area contributed by atoms with Gasteiger partial charge in [0.25, 0.3) is 0 Å². The van der Waals surface area contributed by atoms with Crippen LogP contribution in [0, 0.1) is 5.41 Å². The third-order valence-corrected chi connectivity index (χ3v) is 5.99. The fourth-order valence-electron chi connectivity index (χ4n) is 3.91. The maximum Gasteiger partial charge on any atom is 0.338 e. The maximum atomic E-state index is 12.4. The molecule has 2 N–H and O–H groups in total. The molecule has 0 spiro atoms. The van der Waals surface area contributed by atoms with E-state index in [1.54, 1.807) is 31.2 Å². The molecule has 0 aromatic heterocycles. The van der Waals surface area contributed by atoms with Gasteiger partial charge in [0.05, 0.1) is 0 Å². The molecule has 0 bridgehead atoms. The van der Waals surface area contributed by atoms with E-state index in [4.69, 9.17) is 4.74 Å². The minimum atomic E-state index is -0.683. The predicted octanol–water partition coefficient (Wildman–Crippen LogP) is 5.52. The quantitative estimate of drug-likeness (QED) is 0.274. The van der Waals surface area contributed by atoms with Crippen LogP contribution in [-0.4, -0.2) is 28.6 Å². The van der Waals surface area contributed by atoms with Crippen LogP contribution in [0.25, 0.3) is 0 Å². The summed E-state index contributed by atoms with van der Waals surface area (Å²) in [5.74, 6) is 0.299. The van der Waals surface area contributed by atoms with Gasteiger partial charge in [-0.15, -0.1) is 0 Å². The van der Waals surface area contributed by atoms with Gasteiger partial charge in [-0.2, -0.15) is 0 Å². The number of ketones is 1. The maximum absolute atomic E-state index is 12.4. The lowest BCUT2D eigenvalue weighted by atomic mass is 9.73. The van der Waals surface area contributed by atoms with Gasteiger partial charge in [0, 0.05) is 11.0 Å². The van der Waals surface area contributed by atoms with Crippen LogP contribution in [0.3, 0.4) is 0 Å². The highest BCUT2D eigenvalue weighted by atomic mass is 16.5. The van der Waals surface area contributed by atoms with Gasteiger partial charge in [-0.05, 0) is 73.4 Å². The normalized spacial score (nSPS) is 13.3. The molecule has 2 rings (SSSR count). The second-order valence-corrected chi connectivity index (χ2v) is 9.04. The van der Waals surface area contributed by atoms with Crippen LogP contribution in [0.5, 0.6) is 11.5 Å². The molecule has 0 fully saturated rings. The van der Waals surface area contributed by atoms with E-state index in [-0.39, 0.29) is 23.4 Å². The van der Waals surface area contributed by atoms with Gasteiger partial charge in [-0.1, -0.05) is 51.6 Å². The van der Waals surface area contributed by atoms with E-state index in [9.17, 15) is 19.8 Å². The fourth-order valence-corrected chi connectivity index (χ4v) is 3.91. The Hall–Kier alpha value is -2.92. The molecular weight excluding hydrogens is 404 g/mol. The van der Waals surface area contributed by atoms with Crippen LogP contribution in [0.1, 0.15) is 69.9 Å². The molecule has 0 aliphatic rings. The van der Waals surface area contributed by atoms with E-state index in [2.05, 4.69) is 13.5 Å². The number of ether oxygens (including phenoxy) is 1. The van der Waals surface area contributed by atoms with Crippen LogP contribution in [0.4, 0.5) is 0 Å². The molecule has 5 heteroatoms. The Bertz CT molecular complexity index is 926. The molecule has 0 amide bonds. The number of carbonyl (C=O) groups excluding carboxylic acids is 2. The average Bonchev–Trinajstić information content (AvgIpc) is 2.77. The molecule has 172 valence electrons. The number of hydrogen-bond donors (Lipinski definition) is 2. The molecule has 0 aliphatic carbocycles. The summed E-state index contributed by atoms with van der Waals surface area (Å²) in [6.45, 7) is 10.6. The Labute approximate surface area is 190 Å². The molecule has 2 aromatic carbocycles. The average molecular weight is 439 g/mol. The van der Waals surface area contributed by atoms with Gasteiger partial charge >= 0.3 is 5.97 Å². The number of aromatic hydroxyl groups is 1. The van der Waals surface area contributed by atoms with Crippen molar-refractivity contribution in [3.8, 4) is 11.5 Å². The van der Waals surface area contributed by atoms with Gasteiger partial charge in [0.2, 0.25) is 0 Å². The van der Waals surface area contributed by atoms with Gasteiger partial charge < -0.3 is 14.9 Å². The van der Waals surface area contributed by atoms with Crippen molar-refractivity contribution in [3.05, 3.63) is 71.8 Å². The number of benzene rings is 2. The number of esters is 1. The van der Waals surface area contributed by atoms with Crippen molar-refractivity contribution < 1.29 is 24.5 Å². The molecule has 0 heterocycles. The minimum Gasteiger partial charge on any atom is -0.508 e. The molecule has 2 aromatic rings. The number of carbonyl (C=O) groups is 2. The number of rotatable bonds is 11. The van der Waals surface area contributed by atoms with Gasteiger partial charge in [-0.25, -0.2) is 4.79 Å². The summed E-state index contributed by atoms with van der Waals surface area (Å²) >= 11 is 0. The Morgan fingerprint density at radius 1 is 1.00 bits per heavy atom. The van der Waals surface area contributed by atoms with Crippen LogP contribution < -0.4 is 4.74 Å². The molecular formula is C27H34O5. The van der Waals surface area contributed by atoms with Crippen molar-refractivity contribution in [2.75, 3.05) is 6.61 Å². The Balaban J connectivity index is 2.33. The summed E-state index contributed by atoms with van der Waals surface area (Å²) in [6, 6.07) is 14.6. The van der Waals surface area contributed by atoms with Crippen LogP contribution in [0.2, 0.25) is 0 Å². The van der Waals surface area contributed by atoms with Crippen molar-refractivity contribution in [3.63, 3.8) is 0 Å². The number of Topliss-reactive ketones (excluding diaryl/α,β-unsaturated/α-hetero) is 1. The summed E-state index contributed by atoms with van der Waals surface area (Å²) < 4.78 is 5.30. The number of aliphatic hydroxyl groups excluding tert-OH is 1. The topological polar surface area (TPSA) is 83.8 Å². The van der Waals surface area contributed by atoms with Gasteiger partial charge in [0.15, 0.2) is 5.78 Å². The first kappa shape index (κ1) is 25.3. The Morgan fingerprint density at radius 2 is 1.53 bits per heavy atom. The highest BCUT2D eigenvalue weighted by molar-refractivity contribution is 5.88. The van der Waals surface area contributed by atoms with E-state index in [0.29, 0.717) is 17.7 Å². The zero-order valence-corrected chi connectivity index (χ0v) is 19.4. The lowest BCUT2D eigenvalue weighted by molar-refractivity contribution is -0.131. The van der Waals surface area contributed by atoms with E-state index < -0.39 is 18.0 Å². The highest BCUT2D eigenvalue weighted by Crippen LogP contribution is 2.40. The minimum absolute atomic E-state index is 0.0464. The summed E-state index contributed by atoms with van der Waals surface area (Å²) in [5.41, 5.74) is 1.82. The molecule has 32 heavy (non-hydrogen) atoms.